The van der Waals surface area contributed by atoms with E-state index in [0.29, 0.717) is 19.3 Å². The van der Waals surface area contributed by atoms with Gasteiger partial charge in [0, 0.05) is 45.8 Å². The fourth-order valence-electron chi connectivity index (χ4n) is 3.19. The van der Waals surface area contributed by atoms with Gasteiger partial charge in [0.05, 0.1) is 12.4 Å². The molecule has 0 radical (unpaired) electrons. The van der Waals surface area contributed by atoms with Crippen molar-refractivity contribution in [3.8, 4) is 0 Å². The second kappa shape index (κ2) is 8.03. The largest absolute Gasteiger partial charge is 0.309 e. The summed E-state index contributed by atoms with van der Waals surface area (Å²) in [6.45, 7) is 8.27. The first-order valence-corrected chi connectivity index (χ1v) is 10.0. The maximum atomic E-state index is 11.6. The highest BCUT2D eigenvalue weighted by Gasteiger charge is 2.29. The number of sulfonamides is 1. The Labute approximate surface area is 135 Å². The molecule has 2 saturated heterocycles. The third-order valence-corrected chi connectivity index (χ3v) is 5.81. The molecule has 0 aliphatic carbocycles. The molecule has 2 aliphatic heterocycles. The zero-order valence-electron chi connectivity index (χ0n) is 14.2. The van der Waals surface area contributed by atoms with Gasteiger partial charge in [0.1, 0.15) is 0 Å². The number of hydrogen-bond acceptors (Lipinski definition) is 6. The van der Waals surface area contributed by atoms with E-state index in [1.165, 1.54) is 12.7 Å². The number of nitrogens with one attached hydrogen (secondary N) is 1. The predicted molar refractivity (Wildman–Crippen MR) is 89.4 cm³/mol. The molecule has 0 aromatic heterocycles. The van der Waals surface area contributed by atoms with Crippen LogP contribution in [0.25, 0.3) is 0 Å². The van der Waals surface area contributed by atoms with Gasteiger partial charge in [-0.1, -0.05) is 0 Å². The van der Waals surface area contributed by atoms with Crippen LogP contribution >= 0.6 is 0 Å². The summed E-state index contributed by atoms with van der Waals surface area (Å²) in [5, 5.41) is 3.58. The molecule has 2 aliphatic rings. The van der Waals surface area contributed by atoms with Crippen LogP contribution in [0.4, 0.5) is 0 Å². The van der Waals surface area contributed by atoms with Gasteiger partial charge in [-0.25, -0.2) is 8.42 Å². The molecular formula is C14H31N5O2S. The standard InChI is InChI=1S/C14H31N5O2S/c1-16(2)6-4-7-17-8-5-15-14(13-17)18-9-11-19(12-10-18)22(3,20)21/h14-15H,4-13H2,1-3H3. The highest BCUT2D eigenvalue weighted by Crippen LogP contribution is 2.11. The maximum absolute atomic E-state index is 11.6. The summed E-state index contributed by atoms with van der Waals surface area (Å²) >= 11 is 0. The third kappa shape index (κ3) is 5.43. The fourth-order valence-corrected chi connectivity index (χ4v) is 4.02. The van der Waals surface area contributed by atoms with Crippen molar-refractivity contribution in [1.82, 2.24) is 24.3 Å². The molecule has 0 amide bonds. The molecule has 0 bridgehead atoms. The van der Waals surface area contributed by atoms with Gasteiger partial charge in [0.2, 0.25) is 10.0 Å². The van der Waals surface area contributed by atoms with E-state index in [1.807, 2.05) is 0 Å². The molecule has 0 aromatic rings. The average Bonchev–Trinajstić information content (AvgIpc) is 2.46. The molecule has 2 heterocycles. The van der Waals surface area contributed by atoms with Gasteiger partial charge in [0.15, 0.2) is 0 Å². The average molecular weight is 334 g/mol. The van der Waals surface area contributed by atoms with Crippen LogP contribution in [0.5, 0.6) is 0 Å². The Bertz CT molecular complexity index is 435. The number of hydrogen-bond donors (Lipinski definition) is 1. The Morgan fingerprint density at radius 2 is 1.82 bits per heavy atom. The van der Waals surface area contributed by atoms with Crippen molar-refractivity contribution in [3.05, 3.63) is 0 Å². The molecule has 0 spiro atoms. The second-order valence-corrected chi connectivity index (χ2v) is 8.61. The van der Waals surface area contributed by atoms with Gasteiger partial charge in [-0.2, -0.15) is 4.31 Å². The van der Waals surface area contributed by atoms with Gasteiger partial charge in [-0.05, 0) is 33.6 Å². The van der Waals surface area contributed by atoms with Crippen molar-refractivity contribution < 1.29 is 8.42 Å². The lowest BCUT2D eigenvalue weighted by molar-refractivity contribution is 0.0590. The lowest BCUT2D eigenvalue weighted by Crippen LogP contribution is -2.62. The molecule has 22 heavy (non-hydrogen) atoms. The van der Waals surface area contributed by atoms with Gasteiger partial charge >= 0.3 is 0 Å². The van der Waals surface area contributed by atoms with E-state index < -0.39 is 10.0 Å². The minimum Gasteiger partial charge on any atom is -0.309 e. The molecule has 7 nitrogen and oxygen atoms in total. The van der Waals surface area contributed by atoms with Gasteiger partial charge in [0.25, 0.3) is 0 Å². The van der Waals surface area contributed by atoms with E-state index in [2.05, 4.69) is 34.1 Å². The van der Waals surface area contributed by atoms with Crippen molar-refractivity contribution in [3.63, 3.8) is 0 Å². The fraction of sp³-hybridized carbons (Fsp3) is 1.00. The molecular weight excluding hydrogens is 302 g/mol. The zero-order chi connectivity index (χ0) is 16.2. The summed E-state index contributed by atoms with van der Waals surface area (Å²) in [6.07, 6.45) is 2.85. The zero-order valence-corrected chi connectivity index (χ0v) is 15.0. The minimum atomic E-state index is -3.04. The summed E-state index contributed by atoms with van der Waals surface area (Å²) in [5.41, 5.74) is 0. The molecule has 1 unspecified atom stereocenters. The maximum Gasteiger partial charge on any atom is 0.211 e. The Morgan fingerprint density at radius 3 is 2.41 bits per heavy atom. The van der Waals surface area contributed by atoms with E-state index in [-0.39, 0.29) is 0 Å². The van der Waals surface area contributed by atoms with Crippen molar-refractivity contribution in [2.45, 2.75) is 12.6 Å². The minimum absolute atomic E-state index is 0.356. The van der Waals surface area contributed by atoms with Crippen LogP contribution in [0.3, 0.4) is 0 Å². The lowest BCUT2D eigenvalue weighted by atomic mass is 10.2. The molecule has 2 fully saturated rings. The Hall–Kier alpha value is -0.250. The first kappa shape index (κ1) is 18.1. The summed E-state index contributed by atoms with van der Waals surface area (Å²) in [7, 11) is 1.19. The van der Waals surface area contributed by atoms with Crippen LogP contribution in [0.1, 0.15) is 6.42 Å². The van der Waals surface area contributed by atoms with Gasteiger partial charge in [-0.15, -0.1) is 0 Å². The van der Waals surface area contributed by atoms with Crippen LogP contribution < -0.4 is 5.32 Å². The highest BCUT2D eigenvalue weighted by molar-refractivity contribution is 7.88. The van der Waals surface area contributed by atoms with E-state index in [4.69, 9.17) is 0 Å². The predicted octanol–water partition coefficient (Wildman–Crippen LogP) is -1.25. The van der Waals surface area contributed by atoms with E-state index in [1.54, 1.807) is 4.31 Å². The smallest absolute Gasteiger partial charge is 0.211 e. The van der Waals surface area contributed by atoms with Crippen molar-refractivity contribution >= 4 is 10.0 Å². The monoisotopic (exact) mass is 333 g/mol. The van der Waals surface area contributed by atoms with Crippen LogP contribution in [-0.4, -0.2) is 113 Å². The number of rotatable bonds is 6. The normalized spacial score (nSPS) is 26.6. The van der Waals surface area contributed by atoms with Crippen LogP contribution in [-0.2, 0) is 10.0 Å². The molecule has 1 atom stereocenters. The molecule has 8 heteroatoms. The molecule has 0 aromatic carbocycles. The topological polar surface area (TPSA) is 59.1 Å². The second-order valence-electron chi connectivity index (χ2n) is 6.63. The molecule has 2 rings (SSSR count). The Kier molecular flexibility index (Phi) is 6.60. The summed E-state index contributed by atoms with van der Waals surface area (Å²) in [4.78, 5) is 7.14. The number of nitrogens with zero attached hydrogens (tertiary/aromatic N) is 4. The van der Waals surface area contributed by atoms with Crippen LogP contribution in [0, 0.1) is 0 Å². The van der Waals surface area contributed by atoms with Crippen LogP contribution in [0.15, 0.2) is 0 Å². The first-order valence-electron chi connectivity index (χ1n) is 8.16. The quantitative estimate of drug-likeness (QED) is 0.655. The van der Waals surface area contributed by atoms with Crippen molar-refractivity contribution in [2.75, 3.05) is 79.3 Å². The third-order valence-electron chi connectivity index (χ3n) is 4.50. The molecule has 0 saturated carbocycles. The SMILES string of the molecule is CN(C)CCCN1CCNC(N2CCN(S(C)(=O)=O)CC2)C1. The Balaban J connectivity index is 1.76. The van der Waals surface area contributed by atoms with E-state index in [0.717, 1.165) is 45.8 Å². The first-order chi connectivity index (χ1) is 10.4. The Morgan fingerprint density at radius 1 is 1.14 bits per heavy atom. The lowest BCUT2D eigenvalue weighted by Gasteiger charge is -2.43. The van der Waals surface area contributed by atoms with Crippen LogP contribution in [0.2, 0.25) is 0 Å². The number of piperazine rings is 2. The molecule has 130 valence electrons. The summed E-state index contributed by atoms with van der Waals surface area (Å²) in [5.74, 6) is 0. The van der Waals surface area contributed by atoms with E-state index >= 15 is 0 Å². The van der Waals surface area contributed by atoms with Crippen molar-refractivity contribution in [2.24, 2.45) is 0 Å². The summed E-state index contributed by atoms with van der Waals surface area (Å²) < 4.78 is 24.7. The van der Waals surface area contributed by atoms with Gasteiger partial charge < -0.3 is 4.90 Å². The van der Waals surface area contributed by atoms with E-state index in [9.17, 15) is 8.42 Å². The molecule has 1 N–H and O–H groups in total. The van der Waals surface area contributed by atoms with Crippen molar-refractivity contribution in [1.29, 1.82) is 0 Å². The highest BCUT2D eigenvalue weighted by atomic mass is 32.2. The van der Waals surface area contributed by atoms with Gasteiger partial charge in [-0.3, -0.25) is 15.1 Å². The summed E-state index contributed by atoms with van der Waals surface area (Å²) in [6, 6.07) is 0.